The van der Waals surface area contributed by atoms with Gasteiger partial charge in [0.1, 0.15) is 11.5 Å². The highest BCUT2D eigenvalue weighted by molar-refractivity contribution is 7.17. The summed E-state index contributed by atoms with van der Waals surface area (Å²) in [5.74, 6) is 0.231. The predicted octanol–water partition coefficient (Wildman–Crippen LogP) is 5.49. The number of carbonyl (C=O) groups excluding carboxylic acids is 3. The number of hydrogen-bond acceptors (Lipinski definition) is 9. The van der Waals surface area contributed by atoms with Crippen molar-refractivity contribution in [2.24, 2.45) is 5.41 Å². The molecule has 1 spiro atoms. The summed E-state index contributed by atoms with van der Waals surface area (Å²) in [5.41, 5.74) is 5.21. The van der Waals surface area contributed by atoms with Crippen LogP contribution in [0.2, 0.25) is 0 Å². The first-order chi connectivity index (χ1) is 24.4. The number of rotatable bonds is 6. The maximum absolute atomic E-state index is 14.0. The number of fused-ring (bicyclic) bond motifs is 3. The number of ether oxygens (including phenoxy) is 2. The molecule has 12 heteroatoms. The summed E-state index contributed by atoms with van der Waals surface area (Å²) < 4.78 is 11.0. The Bertz CT molecular complexity index is 1920. The van der Waals surface area contributed by atoms with Crippen molar-refractivity contribution in [2.45, 2.75) is 45.1 Å². The van der Waals surface area contributed by atoms with Gasteiger partial charge in [0.25, 0.3) is 17.7 Å². The van der Waals surface area contributed by atoms with Crippen LogP contribution < -0.4 is 20.4 Å². The summed E-state index contributed by atoms with van der Waals surface area (Å²) >= 11 is 1.42. The van der Waals surface area contributed by atoms with Crippen molar-refractivity contribution in [1.29, 1.82) is 0 Å². The molecule has 1 aromatic carbocycles. The molecular weight excluding hydrogens is 653 g/mol. The number of nitrogens with one attached hydrogen (secondary N) is 2. The molecule has 50 heavy (non-hydrogen) atoms. The minimum atomic E-state index is -0.234. The maximum Gasteiger partial charge on any atom is 0.261 e. The molecule has 0 atom stereocenters. The van der Waals surface area contributed by atoms with Gasteiger partial charge in [-0.2, -0.15) is 0 Å². The molecule has 3 amide bonds. The minimum absolute atomic E-state index is 0.0774. The monoisotopic (exact) mass is 692 g/mol. The van der Waals surface area contributed by atoms with Crippen molar-refractivity contribution in [1.82, 2.24) is 15.3 Å². The Labute approximate surface area is 295 Å². The number of amides is 3. The van der Waals surface area contributed by atoms with Crippen LogP contribution in [0.15, 0.2) is 60.9 Å². The molecule has 4 aliphatic heterocycles. The van der Waals surface area contributed by atoms with Crippen LogP contribution in [-0.4, -0.2) is 79.8 Å². The summed E-state index contributed by atoms with van der Waals surface area (Å²) in [5, 5.41) is 6.18. The zero-order valence-electron chi connectivity index (χ0n) is 28.1. The molecule has 4 aromatic rings. The molecule has 4 aliphatic rings. The fourth-order valence-corrected chi connectivity index (χ4v) is 8.56. The Morgan fingerprint density at radius 3 is 2.48 bits per heavy atom. The molecule has 8 rings (SSSR count). The fraction of sp³-hybridized carbons (Fsp3) is 0.395. The quantitative estimate of drug-likeness (QED) is 0.272. The first kappa shape index (κ1) is 32.5. The lowest BCUT2D eigenvalue weighted by molar-refractivity contribution is -0.000511. The molecule has 3 fully saturated rings. The number of aromatic nitrogens is 2. The van der Waals surface area contributed by atoms with Gasteiger partial charge in [-0.15, -0.1) is 11.3 Å². The van der Waals surface area contributed by atoms with Crippen molar-refractivity contribution in [3.63, 3.8) is 0 Å². The smallest absolute Gasteiger partial charge is 0.261 e. The third kappa shape index (κ3) is 6.38. The zero-order valence-corrected chi connectivity index (χ0v) is 28.9. The zero-order chi connectivity index (χ0) is 34.2. The Hall–Kier alpha value is -4.65. The van der Waals surface area contributed by atoms with E-state index in [0.717, 1.165) is 68.0 Å². The van der Waals surface area contributed by atoms with Crippen LogP contribution in [0, 0.1) is 12.3 Å². The number of hydrogen-bond donors (Lipinski definition) is 2. The molecule has 258 valence electrons. The number of anilines is 3. The number of nitrogens with zero attached hydrogens (tertiary/aromatic N) is 4. The van der Waals surface area contributed by atoms with Gasteiger partial charge in [0, 0.05) is 81.2 Å². The van der Waals surface area contributed by atoms with Crippen molar-refractivity contribution < 1.29 is 23.9 Å². The molecule has 0 radical (unpaired) electrons. The van der Waals surface area contributed by atoms with Crippen LogP contribution in [0.5, 0.6) is 0 Å². The average molecular weight is 693 g/mol. The van der Waals surface area contributed by atoms with E-state index in [2.05, 4.69) is 25.5 Å². The standard InChI is InChI=1S/C38H40N6O5S/c1-24-19-29(34(40-21-24)43-22-38(23-43)11-17-49-18-12-38)35(45)41-27-6-4-25(5-7-27)37(47)44-14-8-26-20-31(36(46)42-28-9-15-48-16-10-28)50-33(26)32-30(44)3-2-13-39-32/h2-7,13,19-21,28H,8-12,14-18,22-23H2,1H3,(H,41,45)(H,42,46). The molecule has 11 nitrogen and oxygen atoms in total. The van der Waals surface area contributed by atoms with E-state index >= 15 is 0 Å². The van der Waals surface area contributed by atoms with Crippen LogP contribution >= 0.6 is 11.3 Å². The molecule has 3 saturated heterocycles. The normalized spacial score (nSPS) is 18.4. The van der Waals surface area contributed by atoms with Crippen LogP contribution in [0.1, 0.15) is 67.2 Å². The van der Waals surface area contributed by atoms with E-state index in [4.69, 9.17) is 9.47 Å². The van der Waals surface area contributed by atoms with Crippen molar-refractivity contribution in [2.75, 3.05) is 61.2 Å². The topological polar surface area (TPSA) is 126 Å². The van der Waals surface area contributed by atoms with Crippen molar-refractivity contribution in [3.05, 3.63) is 88.1 Å². The van der Waals surface area contributed by atoms with Crippen LogP contribution in [0.3, 0.4) is 0 Å². The van der Waals surface area contributed by atoms with E-state index < -0.39 is 0 Å². The Kier molecular flexibility index (Phi) is 8.84. The lowest BCUT2D eigenvalue weighted by atomic mass is 9.73. The van der Waals surface area contributed by atoms with E-state index in [1.54, 1.807) is 41.6 Å². The van der Waals surface area contributed by atoms with Gasteiger partial charge < -0.3 is 29.9 Å². The summed E-state index contributed by atoms with van der Waals surface area (Å²) in [7, 11) is 0. The van der Waals surface area contributed by atoms with E-state index in [9.17, 15) is 14.4 Å². The highest BCUT2D eigenvalue weighted by atomic mass is 32.1. The van der Waals surface area contributed by atoms with Gasteiger partial charge in [0.15, 0.2) is 0 Å². The predicted molar refractivity (Wildman–Crippen MR) is 192 cm³/mol. The van der Waals surface area contributed by atoms with Gasteiger partial charge in [0.05, 0.1) is 21.0 Å². The summed E-state index contributed by atoms with van der Waals surface area (Å²) in [6, 6.07) is 14.7. The molecule has 0 unspecified atom stereocenters. The summed E-state index contributed by atoms with van der Waals surface area (Å²) in [6.07, 6.45) is 7.81. The number of thiophene rings is 1. The summed E-state index contributed by atoms with van der Waals surface area (Å²) in [4.78, 5) is 55.5. The highest BCUT2D eigenvalue weighted by Crippen LogP contribution is 2.43. The van der Waals surface area contributed by atoms with E-state index in [-0.39, 0.29) is 29.2 Å². The average Bonchev–Trinajstić information content (AvgIpc) is 3.50. The molecule has 0 aliphatic carbocycles. The Balaban J connectivity index is 0.962. The Morgan fingerprint density at radius 1 is 0.940 bits per heavy atom. The highest BCUT2D eigenvalue weighted by Gasteiger charge is 2.45. The second-order valence-electron chi connectivity index (χ2n) is 13.8. The van der Waals surface area contributed by atoms with Gasteiger partial charge >= 0.3 is 0 Å². The first-order valence-corrected chi connectivity index (χ1v) is 18.2. The second kappa shape index (κ2) is 13.6. The molecule has 3 aromatic heterocycles. The van der Waals surface area contributed by atoms with Crippen LogP contribution in [-0.2, 0) is 15.9 Å². The number of pyridine rings is 2. The SMILES string of the molecule is Cc1cnc(N2CC3(CCOCC3)C2)c(C(=O)Nc2ccc(C(=O)N3CCc4cc(C(=O)NC5CCOCC5)sc4-c4ncccc43)cc2)c1. The lowest BCUT2D eigenvalue weighted by Gasteiger charge is -2.53. The van der Waals surface area contributed by atoms with Gasteiger partial charge in [-0.05, 0) is 98.7 Å². The second-order valence-corrected chi connectivity index (χ2v) is 14.8. The molecule has 0 bridgehead atoms. The van der Waals surface area contributed by atoms with E-state index in [0.29, 0.717) is 65.1 Å². The fourth-order valence-electron chi connectivity index (χ4n) is 7.44. The number of benzene rings is 1. The molecule has 0 saturated carbocycles. The minimum Gasteiger partial charge on any atom is -0.381 e. The third-order valence-electron chi connectivity index (χ3n) is 10.3. The van der Waals surface area contributed by atoms with Crippen molar-refractivity contribution >= 4 is 46.3 Å². The van der Waals surface area contributed by atoms with Gasteiger partial charge in [-0.3, -0.25) is 19.4 Å². The summed E-state index contributed by atoms with van der Waals surface area (Å²) in [6.45, 7) is 7.02. The van der Waals surface area contributed by atoms with Gasteiger partial charge in [-0.25, -0.2) is 4.98 Å². The van der Waals surface area contributed by atoms with Crippen molar-refractivity contribution in [3.8, 4) is 10.6 Å². The molecular formula is C38H40N6O5S. The molecule has 7 heterocycles. The maximum atomic E-state index is 14.0. The molecule has 2 N–H and O–H groups in total. The van der Waals surface area contributed by atoms with Crippen LogP contribution in [0.25, 0.3) is 10.6 Å². The van der Waals surface area contributed by atoms with Crippen LogP contribution in [0.4, 0.5) is 17.2 Å². The van der Waals surface area contributed by atoms with Gasteiger partial charge in [0.2, 0.25) is 0 Å². The number of aryl methyl sites for hydroxylation is 1. The largest absolute Gasteiger partial charge is 0.381 e. The van der Waals surface area contributed by atoms with E-state index in [1.165, 1.54) is 11.3 Å². The Morgan fingerprint density at radius 2 is 1.70 bits per heavy atom. The third-order valence-corrected chi connectivity index (χ3v) is 11.5. The first-order valence-electron chi connectivity index (χ1n) is 17.4. The van der Waals surface area contributed by atoms with E-state index in [1.807, 2.05) is 31.2 Å². The number of carbonyl (C=O) groups is 3. The lowest BCUT2D eigenvalue weighted by Crippen LogP contribution is -2.59. The van der Waals surface area contributed by atoms with Gasteiger partial charge in [-0.1, -0.05) is 0 Å².